The van der Waals surface area contributed by atoms with Gasteiger partial charge in [0.05, 0.1) is 0 Å². The number of amides is 1. The van der Waals surface area contributed by atoms with Crippen LogP contribution < -0.4 is 15.8 Å². The van der Waals surface area contributed by atoms with Crippen LogP contribution in [0.3, 0.4) is 0 Å². The Morgan fingerprint density at radius 1 is 1.04 bits per heavy atom. The third kappa shape index (κ3) is 3.64. The number of carbonyl (C=O) groups excluding carboxylic acids is 1. The number of likely N-dealkylation sites (N-methyl/N-ethyl adjacent to an activating group) is 1. The van der Waals surface area contributed by atoms with Gasteiger partial charge < -0.3 is 19.5 Å². The number of anilines is 2. The largest absolute Gasteiger partial charge is 0.422 e. The standard InChI is InChI=1S/C22H23N3O3/c1-15-13-17(7-8-19(15)25-11-9-24(2)10-12-25)23-21(26)18-14-16-5-3-4-6-20(16)28-22(18)27/h3-8,13-14H,9-12H2,1-2H3,(H,23,26). The first-order valence-corrected chi connectivity index (χ1v) is 9.39. The van der Waals surface area contributed by atoms with Crippen LogP contribution in [0.4, 0.5) is 11.4 Å². The Morgan fingerprint density at radius 2 is 1.79 bits per heavy atom. The van der Waals surface area contributed by atoms with E-state index in [1.54, 1.807) is 18.2 Å². The molecule has 0 spiro atoms. The molecule has 1 amide bonds. The maximum absolute atomic E-state index is 12.6. The van der Waals surface area contributed by atoms with Crippen LogP contribution in [0.1, 0.15) is 15.9 Å². The molecule has 1 aliphatic heterocycles. The summed E-state index contributed by atoms with van der Waals surface area (Å²) in [5.41, 5.74) is 2.76. The van der Waals surface area contributed by atoms with Crippen LogP contribution in [0, 0.1) is 6.92 Å². The second-order valence-electron chi connectivity index (χ2n) is 7.23. The van der Waals surface area contributed by atoms with Crippen molar-refractivity contribution in [2.45, 2.75) is 6.92 Å². The van der Waals surface area contributed by atoms with Crippen molar-refractivity contribution in [3.63, 3.8) is 0 Å². The van der Waals surface area contributed by atoms with E-state index in [0.29, 0.717) is 16.7 Å². The molecule has 0 atom stereocenters. The molecule has 28 heavy (non-hydrogen) atoms. The van der Waals surface area contributed by atoms with Crippen molar-refractivity contribution in [1.82, 2.24) is 4.90 Å². The lowest BCUT2D eigenvalue weighted by atomic mass is 10.1. The molecular formula is C22H23N3O3. The summed E-state index contributed by atoms with van der Waals surface area (Å²) in [5.74, 6) is -0.466. The minimum atomic E-state index is -0.637. The molecule has 4 rings (SSSR count). The summed E-state index contributed by atoms with van der Waals surface area (Å²) in [6.07, 6.45) is 0. The molecule has 1 saturated heterocycles. The van der Waals surface area contributed by atoms with Crippen LogP contribution >= 0.6 is 0 Å². The van der Waals surface area contributed by atoms with Crippen molar-refractivity contribution in [3.05, 3.63) is 70.1 Å². The van der Waals surface area contributed by atoms with E-state index >= 15 is 0 Å². The number of hydrogen-bond donors (Lipinski definition) is 1. The van der Waals surface area contributed by atoms with Crippen LogP contribution in [-0.4, -0.2) is 44.0 Å². The van der Waals surface area contributed by atoms with E-state index in [4.69, 9.17) is 4.42 Å². The number of nitrogens with one attached hydrogen (secondary N) is 1. The first-order valence-electron chi connectivity index (χ1n) is 9.39. The van der Waals surface area contributed by atoms with E-state index in [-0.39, 0.29) is 5.56 Å². The lowest BCUT2D eigenvalue weighted by Gasteiger charge is -2.35. The zero-order valence-electron chi connectivity index (χ0n) is 16.1. The predicted molar refractivity (Wildman–Crippen MR) is 111 cm³/mol. The van der Waals surface area contributed by atoms with E-state index in [1.807, 2.05) is 37.3 Å². The molecule has 0 aliphatic carbocycles. The molecule has 0 radical (unpaired) electrons. The van der Waals surface area contributed by atoms with E-state index in [9.17, 15) is 9.59 Å². The Kier molecular flexibility index (Phi) is 4.88. The van der Waals surface area contributed by atoms with Crippen LogP contribution in [0.5, 0.6) is 0 Å². The Labute approximate surface area is 163 Å². The van der Waals surface area contributed by atoms with Crippen molar-refractivity contribution < 1.29 is 9.21 Å². The molecule has 0 bridgehead atoms. The summed E-state index contributed by atoms with van der Waals surface area (Å²) in [6, 6.07) is 14.6. The minimum absolute atomic E-state index is 0.000465. The smallest absolute Gasteiger partial charge is 0.349 e. The third-order valence-electron chi connectivity index (χ3n) is 5.18. The lowest BCUT2D eigenvalue weighted by molar-refractivity contribution is 0.102. The average molecular weight is 377 g/mol. The molecule has 1 N–H and O–H groups in total. The fraction of sp³-hybridized carbons (Fsp3) is 0.273. The lowest BCUT2D eigenvalue weighted by Crippen LogP contribution is -2.44. The second-order valence-corrected chi connectivity index (χ2v) is 7.23. The summed E-state index contributed by atoms with van der Waals surface area (Å²) >= 11 is 0. The minimum Gasteiger partial charge on any atom is -0.422 e. The van der Waals surface area contributed by atoms with E-state index < -0.39 is 11.5 Å². The number of piperazine rings is 1. The van der Waals surface area contributed by atoms with Gasteiger partial charge in [0.2, 0.25) is 0 Å². The van der Waals surface area contributed by atoms with Crippen LogP contribution in [0.15, 0.2) is 57.7 Å². The SMILES string of the molecule is Cc1cc(NC(=O)c2cc3ccccc3oc2=O)ccc1N1CCN(C)CC1. The van der Waals surface area contributed by atoms with Gasteiger partial charge in [-0.2, -0.15) is 0 Å². The molecular weight excluding hydrogens is 354 g/mol. The number of benzene rings is 2. The van der Waals surface area contributed by atoms with Gasteiger partial charge in [-0.25, -0.2) is 4.79 Å². The Balaban J connectivity index is 1.54. The Morgan fingerprint density at radius 3 is 2.54 bits per heavy atom. The maximum Gasteiger partial charge on any atom is 0.349 e. The van der Waals surface area contributed by atoms with Crippen molar-refractivity contribution in [1.29, 1.82) is 0 Å². The number of fused-ring (bicyclic) bond motifs is 1. The van der Waals surface area contributed by atoms with Crippen molar-refractivity contribution in [2.24, 2.45) is 0 Å². The second kappa shape index (κ2) is 7.48. The first kappa shape index (κ1) is 18.3. The fourth-order valence-electron chi connectivity index (χ4n) is 3.55. The van der Waals surface area contributed by atoms with Gasteiger partial charge in [-0.15, -0.1) is 0 Å². The number of para-hydroxylation sites is 1. The molecule has 0 unspecified atom stereocenters. The zero-order valence-corrected chi connectivity index (χ0v) is 16.1. The van der Waals surface area contributed by atoms with Gasteiger partial charge in [-0.1, -0.05) is 18.2 Å². The molecule has 2 heterocycles. The van der Waals surface area contributed by atoms with Crippen LogP contribution in [-0.2, 0) is 0 Å². The summed E-state index contributed by atoms with van der Waals surface area (Å²) in [7, 11) is 2.13. The molecule has 1 aliphatic rings. The molecule has 6 nitrogen and oxygen atoms in total. The van der Waals surface area contributed by atoms with Gasteiger partial charge in [0.15, 0.2) is 0 Å². The van der Waals surface area contributed by atoms with Crippen LogP contribution in [0.25, 0.3) is 11.0 Å². The highest BCUT2D eigenvalue weighted by Gasteiger charge is 2.17. The highest BCUT2D eigenvalue weighted by atomic mass is 16.4. The monoisotopic (exact) mass is 377 g/mol. The maximum atomic E-state index is 12.6. The Bertz CT molecular complexity index is 1080. The Hall–Kier alpha value is -3.12. The number of carbonyl (C=O) groups is 1. The first-order chi connectivity index (χ1) is 13.5. The van der Waals surface area contributed by atoms with Gasteiger partial charge in [0, 0.05) is 42.9 Å². The van der Waals surface area contributed by atoms with Crippen molar-refractivity contribution in [2.75, 3.05) is 43.4 Å². The van der Waals surface area contributed by atoms with Gasteiger partial charge in [-0.3, -0.25) is 4.79 Å². The highest BCUT2D eigenvalue weighted by molar-refractivity contribution is 6.05. The molecule has 3 aromatic rings. The topological polar surface area (TPSA) is 65.8 Å². The molecule has 0 saturated carbocycles. The summed E-state index contributed by atoms with van der Waals surface area (Å²) in [6.45, 7) is 6.08. The van der Waals surface area contributed by atoms with E-state index in [0.717, 1.165) is 31.7 Å². The molecule has 1 aromatic heterocycles. The summed E-state index contributed by atoms with van der Waals surface area (Å²) < 4.78 is 5.26. The van der Waals surface area contributed by atoms with Gasteiger partial charge in [-0.05, 0) is 49.9 Å². The summed E-state index contributed by atoms with van der Waals surface area (Å²) in [4.78, 5) is 29.5. The van der Waals surface area contributed by atoms with E-state index in [2.05, 4.69) is 22.2 Å². The number of rotatable bonds is 3. The predicted octanol–water partition coefficient (Wildman–Crippen LogP) is 3.11. The van der Waals surface area contributed by atoms with Gasteiger partial charge in [0.1, 0.15) is 11.1 Å². The summed E-state index contributed by atoms with van der Waals surface area (Å²) in [5, 5.41) is 3.53. The van der Waals surface area contributed by atoms with Gasteiger partial charge >= 0.3 is 5.63 Å². The molecule has 1 fully saturated rings. The molecule has 2 aromatic carbocycles. The average Bonchev–Trinajstić information content (AvgIpc) is 2.68. The normalized spacial score (nSPS) is 15.0. The van der Waals surface area contributed by atoms with E-state index in [1.165, 1.54) is 5.69 Å². The van der Waals surface area contributed by atoms with Crippen LogP contribution in [0.2, 0.25) is 0 Å². The quantitative estimate of drug-likeness (QED) is 0.711. The highest BCUT2D eigenvalue weighted by Crippen LogP contribution is 2.25. The zero-order chi connectivity index (χ0) is 19.7. The molecule has 144 valence electrons. The number of nitrogens with zero attached hydrogens (tertiary/aromatic N) is 2. The fourth-order valence-corrected chi connectivity index (χ4v) is 3.55. The van der Waals surface area contributed by atoms with Crippen molar-refractivity contribution in [3.8, 4) is 0 Å². The molecule has 6 heteroatoms. The van der Waals surface area contributed by atoms with Crippen molar-refractivity contribution >= 4 is 28.3 Å². The third-order valence-corrected chi connectivity index (χ3v) is 5.18. The van der Waals surface area contributed by atoms with Gasteiger partial charge in [0.25, 0.3) is 5.91 Å². The number of aryl methyl sites for hydroxylation is 1. The number of hydrogen-bond acceptors (Lipinski definition) is 5.